The smallest absolute Gasteiger partial charge is 0.252 e. The van der Waals surface area contributed by atoms with Crippen LogP contribution in [0.1, 0.15) is 187 Å². The molecule has 0 aliphatic heterocycles. The van der Waals surface area contributed by atoms with Crippen LogP contribution in [-0.2, 0) is 5.41 Å². The molecule has 0 unspecified atom stereocenters. The Kier molecular flexibility index (Phi) is 16.4. The highest BCUT2D eigenvalue weighted by atomic mass is 35.5. The van der Waals surface area contributed by atoms with Crippen molar-refractivity contribution in [2.24, 2.45) is 0 Å². The van der Waals surface area contributed by atoms with E-state index in [0.717, 1.165) is 25.7 Å². The van der Waals surface area contributed by atoms with Gasteiger partial charge in [0, 0.05) is 16.5 Å². The first kappa shape index (κ1) is 35.8. The van der Waals surface area contributed by atoms with E-state index >= 15 is 0 Å². The summed E-state index contributed by atoms with van der Waals surface area (Å²) in [5.41, 5.74) is 5.64. The van der Waals surface area contributed by atoms with Gasteiger partial charge in [0.05, 0.1) is 0 Å². The molecule has 0 bridgehead atoms. The van der Waals surface area contributed by atoms with E-state index in [1.807, 2.05) is 24.3 Å². The van der Waals surface area contributed by atoms with Gasteiger partial charge in [-0.25, -0.2) is 0 Å². The number of unbranched alkanes of at least 4 members (excludes halogenated alkanes) is 18. The molecule has 0 heterocycles. The molecule has 4 heteroatoms. The van der Waals surface area contributed by atoms with Gasteiger partial charge >= 0.3 is 0 Å². The lowest BCUT2D eigenvalue weighted by Crippen LogP contribution is -2.26. The fourth-order valence-corrected chi connectivity index (χ4v) is 7.47. The van der Waals surface area contributed by atoms with Gasteiger partial charge in [0.25, 0.3) is 10.5 Å². The highest BCUT2D eigenvalue weighted by Crippen LogP contribution is 2.54. The summed E-state index contributed by atoms with van der Waals surface area (Å²) in [6.07, 6.45) is 28.0. The quantitative estimate of drug-likeness (QED) is 0.0857. The van der Waals surface area contributed by atoms with Crippen LogP contribution in [0.5, 0.6) is 0 Å². The van der Waals surface area contributed by atoms with E-state index in [4.69, 9.17) is 23.2 Å². The second-order valence-electron chi connectivity index (χ2n) is 13.0. The van der Waals surface area contributed by atoms with Crippen LogP contribution < -0.4 is 0 Å². The third kappa shape index (κ3) is 10.7. The average molecular weight is 628 g/mol. The van der Waals surface area contributed by atoms with Crippen LogP contribution in [0.4, 0.5) is 0 Å². The lowest BCUT2D eigenvalue weighted by atomic mass is 9.70. The molecule has 0 saturated carbocycles. The third-order valence-corrected chi connectivity index (χ3v) is 10.2. The molecule has 2 aromatic carbocycles. The molecule has 2 nitrogen and oxygen atoms in total. The molecule has 0 aromatic heterocycles. The molecule has 0 amide bonds. The molecular weight excluding hydrogens is 571 g/mol. The zero-order chi connectivity index (χ0) is 30.9. The zero-order valence-electron chi connectivity index (χ0n) is 27.1. The molecular formula is C39H56Cl2O2. The van der Waals surface area contributed by atoms with Crippen LogP contribution in [0.15, 0.2) is 36.4 Å². The van der Waals surface area contributed by atoms with Gasteiger partial charge in [0.2, 0.25) is 0 Å². The Balaban J connectivity index is 1.73. The van der Waals surface area contributed by atoms with Crippen molar-refractivity contribution in [1.82, 2.24) is 0 Å². The van der Waals surface area contributed by atoms with Gasteiger partial charge in [0.15, 0.2) is 0 Å². The van der Waals surface area contributed by atoms with Gasteiger partial charge in [0.1, 0.15) is 0 Å². The second kappa shape index (κ2) is 19.7. The Bertz CT molecular complexity index is 1050. The predicted octanol–water partition coefficient (Wildman–Crippen LogP) is 13.3. The van der Waals surface area contributed by atoms with E-state index in [1.54, 1.807) is 0 Å². The second-order valence-corrected chi connectivity index (χ2v) is 13.7. The molecule has 1 aliphatic rings. The lowest BCUT2D eigenvalue weighted by Gasteiger charge is -2.33. The topological polar surface area (TPSA) is 34.1 Å². The average Bonchev–Trinajstić information content (AvgIpc) is 3.27. The minimum Gasteiger partial charge on any atom is -0.276 e. The van der Waals surface area contributed by atoms with Crippen LogP contribution >= 0.6 is 23.2 Å². The Morgan fingerprint density at radius 2 is 0.791 bits per heavy atom. The number of carbonyl (C=O) groups is 2. The molecule has 0 N–H and O–H groups in total. The van der Waals surface area contributed by atoms with Gasteiger partial charge in [-0.2, -0.15) is 0 Å². The van der Waals surface area contributed by atoms with Gasteiger partial charge in [-0.05, 0) is 82.6 Å². The molecule has 3 rings (SSSR count). The van der Waals surface area contributed by atoms with Gasteiger partial charge in [-0.15, -0.1) is 0 Å². The predicted molar refractivity (Wildman–Crippen MR) is 186 cm³/mol. The van der Waals surface area contributed by atoms with Gasteiger partial charge in [-0.3, -0.25) is 9.59 Å². The van der Waals surface area contributed by atoms with E-state index in [-0.39, 0.29) is 5.41 Å². The van der Waals surface area contributed by atoms with Crippen molar-refractivity contribution in [3.8, 4) is 11.1 Å². The summed E-state index contributed by atoms with van der Waals surface area (Å²) in [5, 5.41) is -0.829. The van der Waals surface area contributed by atoms with Crippen LogP contribution in [0.3, 0.4) is 0 Å². The fourth-order valence-electron chi connectivity index (χ4n) is 7.23. The van der Waals surface area contributed by atoms with Crippen LogP contribution in [-0.4, -0.2) is 10.5 Å². The van der Waals surface area contributed by atoms with Crippen molar-refractivity contribution in [1.29, 1.82) is 0 Å². The SMILES string of the molecule is CCCCCCCCCCCCC1(CCCCCCCCCCCC)c2cc(C(=O)Cl)ccc2-c2ccc(C(=O)Cl)cc21. The summed E-state index contributed by atoms with van der Waals surface area (Å²) in [6.45, 7) is 4.54. The molecule has 0 saturated heterocycles. The summed E-state index contributed by atoms with van der Waals surface area (Å²) in [7, 11) is 0. The van der Waals surface area contributed by atoms with Crippen molar-refractivity contribution >= 4 is 33.7 Å². The van der Waals surface area contributed by atoms with E-state index < -0.39 is 10.5 Å². The first-order chi connectivity index (χ1) is 20.9. The molecule has 0 spiro atoms. The van der Waals surface area contributed by atoms with Crippen LogP contribution in [0.25, 0.3) is 11.1 Å². The van der Waals surface area contributed by atoms with Crippen molar-refractivity contribution in [2.75, 3.05) is 0 Å². The normalized spacial score (nSPS) is 13.2. The van der Waals surface area contributed by atoms with Crippen LogP contribution in [0.2, 0.25) is 0 Å². The van der Waals surface area contributed by atoms with Gasteiger partial charge in [-0.1, -0.05) is 154 Å². The Morgan fingerprint density at radius 1 is 0.488 bits per heavy atom. The first-order valence-electron chi connectivity index (χ1n) is 17.6. The minimum atomic E-state index is -0.415. The Hall–Kier alpha value is -1.64. The Morgan fingerprint density at radius 3 is 1.09 bits per heavy atom. The Labute approximate surface area is 272 Å². The van der Waals surface area contributed by atoms with E-state index in [2.05, 4.69) is 26.0 Å². The highest BCUT2D eigenvalue weighted by molar-refractivity contribution is 6.68. The molecule has 43 heavy (non-hydrogen) atoms. The first-order valence-corrected chi connectivity index (χ1v) is 18.4. The van der Waals surface area contributed by atoms with Crippen molar-refractivity contribution in [3.63, 3.8) is 0 Å². The number of rotatable bonds is 24. The fraction of sp³-hybridized carbons (Fsp3) is 0.641. The largest absolute Gasteiger partial charge is 0.276 e. The van der Waals surface area contributed by atoms with Crippen molar-refractivity contribution in [2.45, 2.75) is 161 Å². The number of benzene rings is 2. The highest BCUT2D eigenvalue weighted by Gasteiger charge is 2.43. The third-order valence-electron chi connectivity index (χ3n) is 9.73. The molecule has 1 aliphatic carbocycles. The molecule has 2 aromatic rings. The minimum absolute atomic E-state index is 0.227. The molecule has 238 valence electrons. The van der Waals surface area contributed by atoms with Crippen molar-refractivity contribution < 1.29 is 9.59 Å². The standard InChI is InChI=1S/C39H56Cl2O2/c1-3-5-7-9-11-13-15-17-19-21-27-39(28-22-20-18-16-14-12-10-8-6-4-2)35-29-31(37(40)42)23-25-33(35)34-26-24-32(38(41)43)30-36(34)39/h23-26,29-30H,3-22,27-28H2,1-2H3. The lowest BCUT2D eigenvalue weighted by molar-refractivity contribution is 0.107. The monoisotopic (exact) mass is 626 g/mol. The molecule has 0 fully saturated rings. The number of carbonyl (C=O) groups excluding carboxylic acids is 2. The summed E-state index contributed by atoms with van der Waals surface area (Å²) in [4.78, 5) is 24.5. The maximum Gasteiger partial charge on any atom is 0.252 e. The number of fused-ring (bicyclic) bond motifs is 3. The number of halogens is 2. The van der Waals surface area contributed by atoms with Crippen molar-refractivity contribution in [3.05, 3.63) is 58.7 Å². The number of hydrogen-bond donors (Lipinski definition) is 0. The molecule has 0 atom stereocenters. The molecule has 0 radical (unpaired) electrons. The van der Waals surface area contributed by atoms with Gasteiger partial charge < -0.3 is 0 Å². The summed E-state index contributed by atoms with van der Waals surface area (Å²) >= 11 is 12.0. The zero-order valence-corrected chi connectivity index (χ0v) is 28.6. The maximum absolute atomic E-state index is 12.3. The summed E-state index contributed by atoms with van der Waals surface area (Å²) in [6, 6.07) is 11.9. The van der Waals surface area contributed by atoms with Crippen LogP contribution in [0, 0.1) is 0 Å². The number of hydrogen-bond acceptors (Lipinski definition) is 2. The van der Waals surface area contributed by atoms with E-state index in [1.165, 1.54) is 138 Å². The maximum atomic E-state index is 12.3. The summed E-state index contributed by atoms with van der Waals surface area (Å²) in [5.74, 6) is 0. The van der Waals surface area contributed by atoms with E-state index in [9.17, 15) is 9.59 Å². The summed E-state index contributed by atoms with van der Waals surface area (Å²) < 4.78 is 0. The van der Waals surface area contributed by atoms with E-state index in [0.29, 0.717) is 11.1 Å².